The van der Waals surface area contributed by atoms with Gasteiger partial charge in [-0.15, -0.1) is 0 Å². The van der Waals surface area contributed by atoms with Gasteiger partial charge < -0.3 is 20.6 Å². The minimum absolute atomic E-state index is 0.0769. The number of nitro groups is 1. The van der Waals surface area contributed by atoms with Crippen molar-refractivity contribution in [2.24, 2.45) is 0 Å². The first-order chi connectivity index (χ1) is 11.0. The van der Waals surface area contributed by atoms with Gasteiger partial charge in [0.1, 0.15) is 5.69 Å². The molecule has 0 aliphatic carbocycles. The van der Waals surface area contributed by atoms with E-state index in [1.54, 1.807) is 6.07 Å². The van der Waals surface area contributed by atoms with Crippen LogP contribution in [0.25, 0.3) is 11.0 Å². The number of rotatable bonds is 9. The van der Waals surface area contributed by atoms with Crippen molar-refractivity contribution < 1.29 is 14.7 Å². The van der Waals surface area contributed by atoms with Gasteiger partial charge in [-0.3, -0.25) is 10.1 Å². The molecular formula is C13H20N6O4. The predicted octanol–water partition coefficient (Wildman–Crippen LogP) is 0.899. The molecule has 0 saturated carbocycles. The lowest BCUT2D eigenvalue weighted by atomic mass is 10.2. The lowest BCUT2D eigenvalue weighted by Gasteiger charge is -2.12. The van der Waals surface area contributed by atoms with Crippen LogP contribution in [0.5, 0.6) is 0 Å². The lowest BCUT2D eigenvalue weighted by molar-refractivity contribution is -0.382. The van der Waals surface area contributed by atoms with Crippen molar-refractivity contribution in [3.63, 3.8) is 0 Å². The van der Waals surface area contributed by atoms with Crippen molar-refractivity contribution in [2.45, 2.75) is 6.42 Å². The van der Waals surface area contributed by atoms with Crippen LogP contribution in [0, 0.1) is 10.1 Å². The van der Waals surface area contributed by atoms with Crippen LogP contribution in [-0.2, 0) is 0 Å². The molecule has 0 atom stereocenters. The van der Waals surface area contributed by atoms with Gasteiger partial charge in [0.25, 0.3) is 0 Å². The van der Waals surface area contributed by atoms with Gasteiger partial charge in [-0.05, 0) is 43.4 Å². The Bertz CT molecular complexity index is 672. The summed E-state index contributed by atoms with van der Waals surface area (Å²) in [5, 5.41) is 33.7. The quantitative estimate of drug-likeness (QED) is 0.350. The van der Waals surface area contributed by atoms with Gasteiger partial charge in [0.2, 0.25) is 5.52 Å². The summed E-state index contributed by atoms with van der Waals surface area (Å²) in [4.78, 5) is 12.8. The van der Waals surface area contributed by atoms with Gasteiger partial charge >= 0.3 is 5.69 Å². The first kappa shape index (κ1) is 16.9. The number of nitrogens with one attached hydrogen (secondary N) is 2. The summed E-state index contributed by atoms with van der Waals surface area (Å²) in [7, 11) is 3.98. The highest BCUT2D eigenvalue weighted by molar-refractivity contribution is 5.99. The summed E-state index contributed by atoms with van der Waals surface area (Å²) in [6, 6.07) is 1.59. The fraction of sp³-hybridized carbons (Fsp3) is 0.538. The molecular weight excluding hydrogens is 304 g/mol. The first-order valence-corrected chi connectivity index (χ1v) is 7.21. The predicted molar refractivity (Wildman–Crippen MR) is 85.7 cm³/mol. The van der Waals surface area contributed by atoms with Crippen LogP contribution in [0.4, 0.5) is 17.1 Å². The van der Waals surface area contributed by atoms with Crippen molar-refractivity contribution in [1.82, 2.24) is 15.2 Å². The van der Waals surface area contributed by atoms with E-state index in [2.05, 4.69) is 30.5 Å². The summed E-state index contributed by atoms with van der Waals surface area (Å²) in [6.07, 6.45) is 0.899. The number of aromatic nitrogens is 2. The van der Waals surface area contributed by atoms with Crippen LogP contribution in [0.1, 0.15) is 6.42 Å². The molecule has 0 bridgehead atoms. The highest BCUT2D eigenvalue weighted by Gasteiger charge is 2.25. The number of aliphatic hydroxyl groups is 1. The molecule has 2 rings (SSSR count). The largest absolute Gasteiger partial charge is 0.395 e. The van der Waals surface area contributed by atoms with E-state index in [1.165, 1.54) is 0 Å². The van der Waals surface area contributed by atoms with E-state index in [9.17, 15) is 10.1 Å². The van der Waals surface area contributed by atoms with Crippen molar-refractivity contribution in [1.29, 1.82) is 0 Å². The molecule has 126 valence electrons. The van der Waals surface area contributed by atoms with Crippen LogP contribution in [0.2, 0.25) is 0 Å². The Kier molecular flexibility index (Phi) is 5.66. The molecule has 23 heavy (non-hydrogen) atoms. The van der Waals surface area contributed by atoms with E-state index >= 15 is 0 Å². The molecule has 0 fully saturated rings. The number of benzene rings is 1. The van der Waals surface area contributed by atoms with Crippen molar-refractivity contribution in [2.75, 3.05) is 51.0 Å². The van der Waals surface area contributed by atoms with E-state index in [-0.39, 0.29) is 30.0 Å². The minimum atomic E-state index is -0.540. The van der Waals surface area contributed by atoms with Crippen molar-refractivity contribution in [3.05, 3.63) is 16.2 Å². The molecule has 1 aromatic heterocycles. The third-order valence-electron chi connectivity index (χ3n) is 3.22. The molecule has 1 heterocycles. The fourth-order valence-electron chi connectivity index (χ4n) is 2.19. The molecule has 0 aliphatic rings. The fourth-order valence-corrected chi connectivity index (χ4v) is 2.19. The molecule has 0 amide bonds. The second-order valence-electron chi connectivity index (χ2n) is 5.27. The van der Waals surface area contributed by atoms with Crippen LogP contribution in [0.15, 0.2) is 10.7 Å². The third-order valence-corrected chi connectivity index (χ3v) is 3.22. The number of nitro benzene ring substituents is 1. The summed E-state index contributed by atoms with van der Waals surface area (Å²) < 4.78 is 4.67. The Hall–Kier alpha value is -2.46. The molecule has 10 heteroatoms. The van der Waals surface area contributed by atoms with Gasteiger partial charge in [0.15, 0.2) is 5.52 Å². The lowest BCUT2D eigenvalue weighted by Crippen LogP contribution is -2.16. The van der Waals surface area contributed by atoms with E-state index in [0.29, 0.717) is 17.7 Å². The maximum Gasteiger partial charge on any atom is 0.323 e. The van der Waals surface area contributed by atoms with E-state index in [1.807, 2.05) is 14.1 Å². The summed E-state index contributed by atoms with van der Waals surface area (Å²) in [5.41, 5.74) is 1.05. The van der Waals surface area contributed by atoms with Crippen LogP contribution in [-0.4, -0.2) is 65.6 Å². The van der Waals surface area contributed by atoms with Crippen molar-refractivity contribution >= 4 is 28.1 Å². The number of nitrogens with zero attached hydrogens (tertiary/aromatic N) is 4. The molecule has 0 spiro atoms. The zero-order valence-corrected chi connectivity index (χ0v) is 13.1. The van der Waals surface area contributed by atoms with Gasteiger partial charge in [-0.2, -0.15) is 0 Å². The number of anilines is 2. The molecule has 3 N–H and O–H groups in total. The molecule has 10 nitrogen and oxygen atoms in total. The Balaban J connectivity index is 2.31. The van der Waals surface area contributed by atoms with Gasteiger partial charge in [0.05, 0.1) is 17.2 Å². The van der Waals surface area contributed by atoms with Crippen LogP contribution in [0.3, 0.4) is 0 Å². The Labute approximate surface area is 132 Å². The van der Waals surface area contributed by atoms with Gasteiger partial charge in [0, 0.05) is 13.1 Å². The average Bonchev–Trinajstić information content (AvgIpc) is 2.97. The highest BCUT2D eigenvalue weighted by Crippen LogP contribution is 2.36. The zero-order valence-electron chi connectivity index (χ0n) is 13.1. The first-order valence-electron chi connectivity index (χ1n) is 7.21. The molecule has 0 aliphatic heterocycles. The summed E-state index contributed by atoms with van der Waals surface area (Å²) >= 11 is 0. The normalized spacial score (nSPS) is 11.1. The second-order valence-corrected chi connectivity index (χ2v) is 5.27. The van der Waals surface area contributed by atoms with Gasteiger partial charge in [-0.1, -0.05) is 0 Å². The number of hydrogen-bond acceptors (Lipinski definition) is 9. The smallest absolute Gasteiger partial charge is 0.323 e. The maximum atomic E-state index is 11.3. The van der Waals surface area contributed by atoms with Crippen molar-refractivity contribution in [3.8, 4) is 0 Å². The standard InChI is InChI=1S/C13H20N6O4/c1-18(2)6-3-4-14-9-8-10(15-5-7-20)13(19(21)22)12-11(9)16-23-17-12/h8,14-15,20H,3-7H2,1-2H3. The Morgan fingerprint density at radius 2 is 1.96 bits per heavy atom. The Morgan fingerprint density at radius 1 is 1.26 bits per heavy atom. The molecule has 1 aromatic carbocycles. The SMILES string of the molecule is CN(C)CCCNc1cc(NCCO)c([N+](=O)[O-])c2nonc12. The maximum absolute atomic E-state index is 11.3. The molecule has 2 aromatic rings. The Morgan fingerprint density at radius 3 is 2.61 bits per heavy atom. The van der Waals surface area contributed by atoms with E-state index < -0.39 is 4.92 Å². The van der Waals surface area contributed by atoms with Crippen LogP contribution >= 0.6 is 0 Å². The molecule has 0 saturated heterocycles. The third kappa shape index (κ3) is 4.05. The van der Waals surface area contributed by atoms with E-state index in [4.69, 9.17) is 5.11 Å². The molecule has 0 radical (unpaired) electrons. The van der Waals surface area contributed by atoms with Gasteiger partial charge in [-0.25, -0.2) is 4.63 Å². The topological polar surface area (TPSA) is 130 Å². The monoisotopic (exact) mass is 324 g/mol. The minimum Gasteiger partial charge on any atom is -0.395 e. The number of fused-ring (bicyclic) bond motifs is 1. The highest BCUT2D eigenvalue weighted by atomic mass is 16.6. The average molecular weight is 324 g/mol. The van der Waals surface area contributed by atoms with Crippen LogP contribution < -0.4 is 10.6 Å². The molecule has 0 unspecified atom stereocenters. The number of hydrogen-bond donors (Lipinski definition) is 3. The summed E-state index contributed by atoms with van der Waals surface area (Å²) in [6.45, 7) is 1.64. The second kappa shape index (κ2) is 7.70. The zero-order chi connectivity index (χ0) is 16.8. The number of aliphatic hydroxyl groups excluding tert-OH is 1. The van der Waals surface area contributed by atoms with E-state index in [0.717, 1.165) is 13.0 Å². The summed E-state index contributed by atoms with van der Waals surface area (Å²) in [5.74, 6) is 0.